The first kappa shape index (κ1) is 11.2. The second kappa shape index (κ2) is 4.69. The van der Waals surface area contributed by atoms with Crippen LogP contribution in [-0.4, -0.2) is 34.5 Å². The second-order valence-electron chi connectivity index (χ2n) is 3.37. The zero-order valence-electron chi connectivity index (χ0n) is 8.35. The van der Waals surface area contributed by atoms with E-state index in [0.717, 1.165) is 0 Å². The number of aliphatic hydroxyl groups excluding tert-OH is 2. The Morgan fingerprint density at radius 3 is 3.06 bits per heavy atom. The standard InChI is InChI=1S/C10H11ClN2O3/c11-7-1-9-10(16-5-13-9)2-8(7)12-3-6(15)4-14/h1-2,5-6,12,14-15H,3-4H2. The highest BCUT2D eigenvalue weighted by molar-refractivity contribution is 6.34. The Hall–Kier alpha value is -1.30. The van der Waals surface area contributed by atoms with Gasteiger partial charge in [-0.25, -0.2) is 4.98 Å². The quantitative estimate of drug-likeness (QED) is 0.752. The molecule has 3 N–H and O–H groups in total. The lowest BCUT2D eigenvalue weighted by molar-refractivity contribution is 0.105. The predicted octanol–water partition coefficient (Wildman–Crippen LogP) is 1.25. The van der Waals surface area contributed by atoms with E-state index in [1.807, 2.05) is 0 Å². The molecule has 1 aromatic heterocycles. The van der Waals surface area contributed by atoms with E-state index < -0.39 is 6.10 Å². The lowest BCUT2D eigenvalue weighted by atomic mass is 10.2. The van der Waals surface area contributed by atoms with Crippen molar-refractivity contribution in [2.45, 2.75) is 6.10 Å². The average Bonchev–Trinajstić information content (AvgIpc) is 2.72. The molecule has 6 heteroatoms. The maximum Gasteiger partial charge on any atom is 0.181 e. The number of halogens is 1. The van der Waals surface area contributed by atoms with Gasteiger partial charge in [0.05, 0.1) is 23.4 Å². The molecule has 1 atom stereocenters. The lowest BCUT2D eigenvalue weighted by Crippen LogP contribution is -2.23. The van der Waals surface area contributed by atoms with Crippen molar-refractivity contribution in [3.63, 3.8) is 0 Å². The van der Waals surface area contributed by atoms with E-state index in [4.69, 9.17) is 21.1 Å². The number of hydrogen-bond acceptors (Lipinski definition) is 5. The number of rotatable bonds is 4. The minimum absolute atomic E-state index is 0.218. The number of anilines is 1. The SMILES string of the molecule is OCC(O)CNc1cc2ocnc2cc1Cl. The number of nitrogens with one attached hydrogen (secondary N) is 1. The molecule has 0 bridgehead atoms. The van der Waals surface area contributed by atoms with Crippen LogP contribution in [0.3, 0.4) is 0 Å². The zero-order valence-corrected chi connectivity index (χ0v) is 9.11. The van der Waals surface area contributed by atoms with Gasteiger partial charge in [0.2, 0.25) is 0 Å². The van der Waals surface area contributed by atoms with Crippen LogP contribution >= 0.6 is 11.6 Å². The smallest absolute Gasteiger partial charge is 0.181 e. The Kier molecular flexibility index (Phi) is 3.28. The van der Waals surface area contributed by atoms with Crippen LogP contribution in [0.1, 0.15) is 0 Å². The predicted molar refractivity (Wildman–Crippen MR) is 60.6 cm³/mol. The molecular weight excluding hydrogens is 232 g/mol. The summed E-state index contributed by atoms with van der Waals surface area (Å²) < 4.78 is 5.13. The first-order valence-corrected chi connectivity index (χ1v) is 5.14. The van der Waals surface area contributed by atoms with E-state index in [0.29, 0.717) is 21.8 Å². The molecule has 0 amide bonds. The molecule has 2 aromatic rings. The minimum Gasteiger partial charge on any atom is -0.443 e. The van der Waals surface area contributed by atoms with E-state index in [1.165, 1.54) is 6.39 Å². The van der Waals surface area contributed by atoms with E-state index in [2.05, 4.69) is 10.3 Å². The zero-order chi connectivity index (χ0) is 11.5. The van der Waals surface area contributed by atoms with Gasteiger partial charge in [-0.05, 0) is 6.07 Å². The highest BCUT2D eigenvalue weighted by atomic mass is 35.5. The van der Waals surface area contributed by atoms with Gasteiger partial charge in [-0.1, -0.05) is 11.6 Å². The summed E-state index contributed by atoms with van der Waals surface area (Å²) in [7, 11) is 0. The molecule has 0 aliphatic carbocycles. The Balaban J connectivity index is 2.19. The summed E-state index contributed by atoms with van der Waals surface area (Å²) in [6.07, 6.45) is 0.523. The van der Waals surface area contributed by atoms with Crippen molar-refractivity contribution in [3.8, 4) is 0 Å². The third kappa shape index (κ3) is 2.27. The summed E-state index contributed by atoms with van der Waals surface area (Å²) in [4.78, 5) is 3.96. The fourth-order valence-electron chi connectivity index (χ4n) is 1.31. The summed E-state index contributed by atoms with van der Waals surface area (Å²) in [5, 5.41) is 21.3. The van der Waals surface area contributed by atoms with Crippen LogP contribution in [0.15, 0.2) is 22.9 Å². The van der Waals surface area contributed by atoms with Gasteiger partial charge in [0, 0.05) is 12.6 Å². The molecule has 0 aliphatic rings. The molecule has 2 rings (SSSR count). The molecule has 0 saturated heterocycles. The number of fused-ring (bicyclic) bond motifs is 1. The van der Waals surface area contributed by atoms with Crippen molar-refractivity contribution < 1.29 is 14.6 Å². The van der Waals surface area contributed by atoms with Gasteiger partial charge in [0.15, 0.2) is 12.0 Å². The summed E-state index contributed by atoms with van der Waals surface area (Å²) in [6, 6.07) is 3.38. The average molecular weight is 243 g/mol. The third-order valence-corrected chi connectivity index (χ3v) is 2.47. The van der Waals surface area contributed by atoms with E-state index in [1.54, 1.807) is 12.1 Å². The van der Waals surface area contributed by atoms with E-state index >= 15 is 0 Å². The monoisotopic (exact) mass is 242 g/mol. The fourth-order valence-corrected chi connectivity index (χ4v) is 1.53. The first-order chi connectivity index (χ1) is 7.70. The Morgan fingerprint density at radius 1 is 1.50 bits per heavy atom. The molecule has 0 fully saturated rings. The van der Waals surface area contributed by atoms with Crippen LogP contribution in [0.4, 0.5) is 5.69 Å². The van der Waals surface area contributed by atoms with Crippen LogP contribution in [-0.2, 0) is 0 Å². The largest absolute Gasteiger partial charge is 0.443 e. The number of aliphatic hydroxyl groups is 2. The van der Waals surface area contributed by atoms with Crippen LogP contribution in [0.2, 0.25) is 5.02 Å². The second-order valence-corrected chi connectivity index (χ2v) is 3.78. The molecule has 1 unspecified atom stereocenters. The van der Waals surface area contributed by atoms with Crippen molar-refractivity contribution in [2.75, 3.05) is 18.5 Å². The normalized spacial score (nSPS) is 12.9. The lowest BCUT2D eigenvalue weighted by Gasteiger charge is -2.11. The maximum atomic E-state index is 9.19. The number of hydrogen-bond donors (Lipinski definition) is 3. The fraction of sp³-hybridized carbons (Fsp3) is 0.300. The highest BCUT2D eigenvalue weighted by Gasteiger charge is 2.08. The molecule has 0 spiro atoms. The molecule has 1 heterocycles. The van der Waals surface area contributed by atoms with Gasteiger partial charge in [-0.2, -0.15) is 0 Å². The van der Waals surface area contributed by atoms with Crippen molar-refractivity contribution >= 4 is 28.4 Å². The van der Waals surface area contributed by atoms with E-state index in [9.17, 15) is 5.11 Å². The van der Waals surface area contributed by atoms with Crippen molar-refractivity contribution in [1.29, 1.82) is 0 Å². The minimum atomic E-state index is -0.818. The molecule has 16 heavy (non-hydrogen) atoms. The van der Waals surface area contributed by atoms with Crippen molar-refractivity contribution in [1.82, 2.24) is 4.98 Å². The van der Waals surface area contributed by atoms with Gasteiger partial charge < -0.3 is 19.9 Å². The number of aromatic nitrogens is 1. The van der Waals surface area contributed by atoms with Gasteiger partial charge in [0.25, 0.3) is 0 Å². The summed E-state index contributed by atoms with van der Waals surface area (Å²) in [5.41, 5.74) is 1.93. The van der Waals surface area contributed by atoms with Crippen LogP contribution in [0.5, 0.6) is 0 Å². The summed E-state index contributed by atoms with van der Waals surface area (Å²) >= 11 is 6.00. The number of benzene rings is 1. The maximum absolute atomic E-state index is 9.19. The van der Waals surface area contributed by atoms with Gasteiger partial charge >= 0.3 is 0 Å². The third-order valence-electron chi connectivity index (χ3n) is 2.16. The Bertz CT molecular complexity index is 486. The summed E-state index contributed by atoms with van der Waals surface area (Å²) in [6.45, 7) is -0.0783. The summed E-state index contributed by atoms with van der Waals surface area (Å²) in [5.74, 6) is 0. The molecule has 0 saturated carbocycles. The molecule has 1 aromatic carbocycles. The van der Waals surface area contributed by atoms with Crippen LogP contribution in [0.25, 0.3) is 11.1 Å². The van der Waals surface area contributed by atoms with E-state index in [-0.39, 0.29) is 13.2 Å². The Morgan fingerprint density at radius 2 is 2.31 bits per heavy atom. The molecule has 0 radical (unpaired) electrons. The molecule has 0 aliphatic heterocycles. The number of oxazole rings is 1. The van der Waals surface area contributed by atoms with Crippen molar-refractivity contribution in [2.24, 2.45) is 0 Å². The highest BCUT2D eigenvalue weighted by Crippen LogP contribution is 2.27. The van der Waals surface area contributed by atoms with Gasteiger partial charge in [-0.3, -0.25) is 0 Å². The van der Waals surface area contributed by atoms with Crippen LogP contribution < -0.4 is 5.32 Å². The van der Waals surface area contributed by atoms with Crippen LogP contribution in [0, 0.1) is 0 Å². The van der Waals surface area contributed by atoms with Crippen molar-refractivity contribution in [3.05, 3.63) is 23.5 Å². The number of nitrogens with zero attached hydrogens (tertiary/aromatic N) is 1. The van der Waals surface area contributed by atoms with Gasteiger partial charge in [-0.15, -0.1) is 0 Å². The molecule has 5 nitrogen and oxygen atoms in total. The van der Waals surface area contributed by atoms with Gasteiger partial charge in [0.1, 0.15) is 5.52 Å². The topological polar surface area (TPSA) is 78.5 Å². The Labute approximate surface area is 96.7 Å². The molecule has 86 valence electrons. The first-order valence-electron chi connectivity index (χ1n) is 4.76. The molecular formula is C10H11ClN2O3.